The summed E-state index contributed by atoms with van der Waals surface area (Å²) in [5.41, 5.74) is 6.87. The van der Waals surface area contributed by atoms with Gasteiger partial charge in [-0.2, -0.15) is 0 Å². The summed E-state index contributed by atoms with van der Waals surface area (Å²) in [6, 6.07) is 0. The van der Waals surface area contributed by atoms with Crippen LogP contribution in [0.5, 0.6) is 0 Å². The minimum atomic E-state index is 0.540. The van der Waals surface area contributed by atoms with E-state index in [1.807, 2.05) is 11.5 Å². The van der Waals surface area contributed by atoms with E-state index in [0.29, 0.717) is 12.5 Å². The van der Waals surface area contributed by atoms with Gasteiger partial charge < -0.3 is 10.3 Å². The zero-order valence-electron chi connectivity index (χ0n) is 9.16. The third-order valence-electron chi connectivity index (χ3n) is 3.19. The van der Waals surface area contributed by atoms with Gasteiger partial charge in [0.25, 0.3) is 0 Å². The van der Waals surface area contributed by atoms with Crippen molar-refractivity contribution < 1.29 is 0 Å². The van der Waals surface area contributed by atoms with E-state index in [1.165, 1.54) is 25.7 Å². The van der Waals surface area contributed by atoms with Crippen LogP contribution in [0.1, 0.15) is 43.1 Å². The summed E-state index contributed by atoms with van der Waals surface area (Å²) in [5, 5.41) is 0. The van der Waals surface area contributed by atoms with Crippen molar-refractivity contribution >= 4 is 5.82 Å². The van der Waals surface area contributed by atoms with E-state index in [1.54, 1.807) is 0 Å². The number of hydrogen-bond acceptors (Lipinski definition) is 2. The first-order valence-electron chi connectivity index (χ1n) is 5.50. The van der Waals surface area contributed by atoms with Crippen molar-refractivity contribution in [3.05, 3.63) is 11.5 Å². The average molecular weight is 203 g/mol. The van der Waals surface area contributed by atoms with E-state index in [4.69, 9.17) is 12.2 Å². The van der Waals surface area contributed by atoms with Crippen molar-refractivity contribution in [2.24, 2.45) is 0 Å². The van der Waals surface area contributed by atoms with Crippen LogP contribution in [-0.2, 0) is 6.54 Å². The molecule has 1 aromatic heterocycles. The molecule has 1 fully saturated rings. The number of aromatic nitrogens is 2. The summed E-state index contributed by atoms with van der Waals surface area (Å²) >= 11 is 0. The van der Waals surface area contributed by atoms with Gasteiger partial charge in [-0.15, -0.1) is 6.42 Å². The molecular formula is C12H17N3. The lowest BCUT2D eigenvalue weighted by molar-refractivity contribution is 0.622. The highest BCUT2D eigenvalue weighted by Gasteiger charge is 2.23. The van der Waals surface area contributed by atoms with Gasteiger partial charge >= 0.3 is 0 Å². The molecule has 3 nitrogen and oxygen atoms in total. The highest BCUT2D eigenvalue weighted by Crippen LogP contribution is 2.34. The van der Waals surface area contributed by atoms with Crippen molar-refractivity contribution in [3.63, 3.8) is 0 Å². The van der Waals surface area contributed by atoms with Gasteiger partial charge in [0.15, 0.2) is 0 Å². The molecule has 0 bridgehead atoms. The van der Waals surface area contributed by atoms with Crippen LogP contribution in [0.25, 0.3) is 0 Å². The van der Waals surface area contributed by atoms with Gasteiger partial charge in [0.2, 0.25) is 0 Å². The Morgan fingerprint density at radius 2 is 2.20 bits per heavy atom. The maximum atomic E-state index is 5.96. The monoisotopic (exact) mass is 203 g/mol. The molecule has 1 heterocycles. The SMILES string of the molecule is C#CCn1c(C2CCCC2)nc(C)c1N. The molecule has 2 N–H and O–H groups in total. The largest absolute Gasteiger partial charge is 0.384 e. The highest BCUT2D eigenvalue weighted by molar-refractivity contribution is 5.38. The third kappa shape index (κ3) is 1.72. The average Bonchev–Trinajstić information content (AvgIpc) is 2.81. The molecule has 0 atom stereocenters. The summed E-state index contributed by atoms with van der Waals surface area (Å²) in [6.07, 6.45) is 10.4. The number of rotatable bonds is 2. The van der Waals surface area contributed by atoms with Gasteiger partial charge in [-0.1, -0.05) is 18.8 Å². The standard InChI is InChI=1S/C12H17N3/c1-3-8-15-11(13)9(2)14-12(15)10-6-4-5-7-10/h1,10H,4-8,13H2,2H3. The lowest BCUT2D eigenvalue weighted by Crippen LogP contribution is -2.09. The first kappa shape index (κ1) is 10.1. The van der Waals surface area contributed by atoms with E-state index in [2.05, 4.69) is 10.9 Å². The van der Waals surface area contributed by atoms with Gasteiger partial charge in [-0.25, -0.2) is 4.98 Å². The Morgan fingerprint density at radius 1 is 1.53 bits per heavy atom. The van der Waals surface area contributed by atoms with E-state index < -0.39 is 0 Å². The predicted octanol–water partition coefficient (Wildman–Crippen LogP) is 2.06. The molecule has 3 heteroatoms. The minimum absolute atomic E-state index is 0.540. The molecule has 15 heavy (non-hydrogen) atoms. The van der Waals surface area contributed by atoms with Crippen molar-refractivity contribution in [1.29, 1.82) is 0 Å². The molecule has 80 valence electrons. The highest BCUT2D eigenvalue weighted by atomic mass is 15.1. The lowest BCUT2D eigenvalue weighted by Gasteiger charge is -2.11. The second kappa shape index (κ2) is 3.98. The Labute approximate surface area is 90.7 Å². The maximum Gasteiger partial charge on any atom is 0.127 e. The summed E-state index contributed by atoms with van der Waals surface area (Å²) in [7, 11) is 0. The first-order valence-corrected chi connectivity index (χ1v) is 5.50. The summed E-state index contributed by atoms with van der Waals surface area (Å²) in [4.78, 5) is 4.55. The van der Waals surface area contributed by atoms with Gasteiger partial charge in [-0.3, -0.25) is 0 Å². The maximum absolute atomic E-state index is 5.96. The van der Waals surface area contributed by atoms with E-state index in [-0.39, 0.29) is 0 Å². The molecule has 0 aromatic carbocycles. The Hall–Kier alpha value is -1.43. The van der Waals surface area contributed by atoms with Crippen LogP contribution < -0.4 is 5.73 Å². The van der Waals surface area contributed by atoms with E-state index in [9.17, 15) is 0 Å². The molecule has 1 aromatic rings. The molecule has 1 aliphatic carbocycles. The van der Waals surface area contributed by atoms with Gasteiger partial charge in [0.05, 0.1) is 12.2 Å². The fourth-order valence-corrected chi connectivity index (χ4v) is 2.36. The predicted molar refractivity (Wildman–Crippen MR) is 61.4 cm³/mol. The van der Waals surface area contributed by atoms with Crippen molar-refractivity contribution in [2.45, 2.75) is 45.1 Å². The fourth-order valence-electron chi connectivity index (χ4n) is 2.36. The van der Waals surface area contributed by atoms with Gasteiger partial charge in [0.1, 0.15) is 11.6 Å². The zero-order valence-corrected chi connectivity index (χ0v) is 9.16. The topological polar surface area (TPSA) is 43.8 Å². The molecule has 1 saturated carbocycles. The molecule has 2 rings (SSSR count). The Morgan fingerprint density at radius 3 is 2.80 bits per heavy atom. The second-order valence-corrected chi connectivity index (χ2v) is 4.21. The summed E-state index contributed by atoms with van der Waals surface area (Å²) < 4.78 is 1.99. The fraction of sp³-hybridized carbons (Fsp3) is 0.583. The van der Waals surface area contributed by atoms with Crippen molar-refractivity contribution in [1.82, 2.24) is 9.55 Å². The Bertz CT molecular complexity index is 392. The summed E-state index contributed by atoms with van der Waals surface area (Å²) in [6.45, 7) is 2.49. The quantitative estimate of drug-likeness (QED) is 0.748. The van der Waals surface area contributed by atoms with Crippen molar-refractivity contribution in [3.8, 4) is 12.3 Å². The van der Waals surface area contributed by atoms with Crippen LogP contribution in [-0.4, -0.2) is 9.55 Å². The first-order chi connectivity index (χ1) is 7.24. The molecule has 1 aliphatic rings. The third-order valence-corrected chi connectivity index (χ3v) is 3.19. The number of hydrogen-bond donors (Lipinski definition) is 1. The molecular weight excluding hydrogens is 186 g/mol. The Kier molecular flexibility index (Phi) is 2.68. The van der Waals surface area contributed by atoms with Crippen LogP contribution in [0.3, 0.4) is 0 Å². The van der Waals surface area contributed by atoms with Crippen molar-refractivity contribution in [2.75, 3.05) is 5.73 Å². The molecule has 0 unspecified atom stereocenters. The molecule has 0 radical (unpaired) electrons. The number of terminal acetylenes is 1. The Balaban J connectivity index is 2.37. The van der Waals surface area contributed by atoms with E-state index >= 15 is 0 Å². The smallest absolute Gasteiger partial charge is 0.127 e. The summed E-state index contributed by atoms with van der Waals surface area (Å²) in [5.74, 6) is 5.04. The minimum Gasteiger partial charge on any atom is -0.384 e. The van der Waals surface area contributed by atoms with Crippen LogP contribution in [0, 0.1) is 19.3 Å². The molecule has 0 spiro atoms. The number of imidazole rings is 1. The second-order valence-electron chi connectivity index (χ2n) is 4.21. The zero-order chi connectivity index (χ0) is 10.8. The number of nitrogens with two attached hydrogens (primary N) is 1. The van der Waals surface area contributed by atoms with E-state index in [0.717, 1.165) is 17.3 Å². The number of aryl methyl sites for hydroxylation is 1. The van der Waals surface area contributed by atoms with Crippen LogP contribution in [0.15, 0.2) is 0 Å². The van der Waals surface area contributed by atoms with Crippen LogP contribution in [0.4, 0.5) is 5.82 Å². The number of anilines is 1. The number of nitrogen functional groups attached to an aromatic ring is 1. The lowest BCUT2D eigenvalue weighted by atomic mass is 10.1. The van der Waals surface area contributed by atoms with Crippen LogP contribution in [0.2, 0.25) is 0 Å². The molecule has 0 saturated heterocycles. The van der Waals surface area contributed by atoms with Gasteiger partial charge in [0, 0.05) is 5.92 Å². The van der Waals surface area contributed by atoms with Gasteiger partial charge in [-0.05, 0) is 19.8 Å². The number of nitrogens with zero attached hydrogens (tertiary/aromatic N) is 2. The molecule has 0 aliphatic heterocycles. The molecule has 0 amide bonds. The van der Waals surface area contributed by atoms with Crippen LogP contribution >= 0.6 is 0 Å². The normalized spacial score (nSPS) is 16.8.